The zero-order valence-electron chi connectivity index (χ0n) is 12.5. The zero-order valence-corrected chi connectivity index (χ0v) is 14.0. The molecule has 3 aromatic rings. The summed E-state index contributed by atoms with van der Waals surface area (Å²) in [6.07, 6.45) is 0. The molecule has 1 heterocycles. The van der Waals surface area contributed by atoms with Crippen molar-refractivity contribution in [3.63, 3.8) is 0 Å². The van der Waals surface area contributed by atoms with E-state index < -0.39 is 5.97 Å². The highest BCUT2D eigenvalue weighted by Crippen LogP contribution is 2.31. The molecule has 2 N–H and O–H groups in total. The first-order chi connectivity index (χ1) is 12.0. The molecule has 9 heteroatoms. The van der Waals surface area contributed by atoms with Gasteiger partial charge in [0, 0.05) is 6.07 Å². The van der Waals surface area contributed by atoms with Crippen molar-refractivity contribution in [3.8, 4) is 11.5 Å². The second kappa shape index (κ2) is 7.33. The first kappa shape index (κ1) is 16.9. The van der Waals surface area contributed by atoms with Gasteiger partial charge in [0.25, 0.3) is 0 Å². The number of aromatic nitrogens is 3. The molecule has 0 unspecified atom stereocenters. The van der Waals surface area contributed by atoms with Crippen LogP contribution in [-0.2, 0) is 0 Å². The SMILES string of the molecule is O=C(Oc1ccc(O)cc1Nc1nc(Cl)nc(Cl)n1)c1ccccc1. The van der Waals surface area contributed by atoms with Crippen LogP contribution in [0.3, 0.4) is 0 Å². The summed E-state index contributed by atoms with van der Waals surface area (Å²) in [5.41, 5.74) is 0.635. The molecule has 0 amide bonds. The number of halogens is 2. The highest BCUT2D eigenvalue weighted by molar-refractivity contribution is 6.31. The molecule has 0 atom stereocenters. The fraction of sp³-hybridized carbons (Fsp3) is 0. The van der Waals surface area contributed by atoms with Gasteiger partial charge in [-0.3, -0.25) is 0 Å². The van der Waals surface area contributed by atoms with Crippen LogP contribution in [0.15, 0.2) is 48.5 Å². The minimum absolute atomic E-state index is 0.0348. The van der Waals surface area contributed by atoms with Gasteiger partial charge in [0.1, 0.15) is 5.75 Å². The average molecular weight is 377 g/mol. The number of phenols is 1. The fourth-order valence-electron chi connectivity index (χ4n) is 1.94. The lowest BCUT2D eigenvalue weighted by Crippen LogP contribution is -2.10. The molecule has 0 radical (unpaired) electrons. The van der Waals surface area contributed by atoms with Gasteiger partial charge in [0.15, 0.2) is 5.75 Å². The lowest BCUT2D eigenvalue weighted by Gasteiger charge is -2.12. The van der Waals surface area contributed by atoms with Crippen LogP contribution in [0.25, 0.3) is 0 Å². The molecule has 1 aromatic heterocycles. The quantitative estimate of drug-likeness (QED) is 0.527. The van der Waals surface area contributed by atoms with E-state index >= 15 is 0 Å². The van der Waals surface area contributed by atoms with E-state index in [1.807, 2.05) is 0 Å². The molecule has 0 bridgehead atoms. The van der Waals surface area contributed by atoms with E-state index in [2.05, 4.69) is 20.3 Å². The molecular formula is C16H10Cl2N4O3. The van der Waals surface area contributed by atoms with Crippen molar-refractivity contribution < 1.29 is 14.6 Å². The van der Waals surface area contributed by atoms with Crippen LogP contribution < -0.4 is 10.1 Å². The second-order valence-electron chi connectivity index (χ2n) is 4.76. The number of anilines is 2. The average Bonchev–Trinajstić information content (AvgIpc) is 2.57. The summed E-state index contributed by atoms with van der Waals surface area (Å²) in [5, 5.41) is 12.3. The molecule has 0 fully saturated rings. The van der Waals surface area contributed by atoms with Crippen LogP contribution in [0.5, 0.6) is 11.5 Å². The molecule has 25 heavy (non-hydrogen) atoms. The Morgan fingerprint density at radius 1 is 1.00 bits per heavy atom. The molecule has 0 aliphatic carbocycles. The predicted octanol–water partition coefficient (Wildman–Crippen LogP) is 3.85. The summed E-state index contributed by atoms with van der Waals surface area (Å²) >= 11 is 11.5. The topological polar surface area (TPSA) is 97.2 Å². The van der Waals surface area contributed by atoms with E-state index in [0.717, 1.165) is 0 Å². The number of hydrogen-bond acceptors (Lipinski definition) is 7. The molecule has 0 aliphatic heterocycles. The van der Waals surface area contributed by atoms with Crippen LogP contribution in [-0.4, -0.2) is 26.0 Å². The van der Waals surface area contributed by atoms with E-state index in [0.29, 0.717) is 5.56 Å². The Morgan fingerprint density at radius 3 is 2.36 bits per heavy atom. The Labute approximate surface area is 152 Å². The normalized spacial score (nSPS) is 10.3. The van der Waals surface area contributed by atoms with E-state index in [1.54, 1.807) is 30.3 Å². The first-order valence-corrected chi connectivity index (χ1v) is 7.71. The first-order valence-electron chi connectivity index (χ1n) is 6.95. The summed E-state index contributed by atoms with van der Waals surface area (Å²) in [6.45, 7) is 0. The number of benzene rings is 2. The number of hydrogen-bond donors (Lipinski definition) is 2. The van der Waals surface area contributed by atoms with Gasteiger partial charge in [-0.05, 0) is 47.5 Å². The van der Waals surface area contributed by atoms with Gasteiger partial charge in [-0.1, -0.05) is 18.2 Å². The molecule has 0 aliphatic rings. The Kier molecular flexibility index (Phi) is 4.97. The van der Waals surface area contributed by atoms with Crippen molar-refractivity contribution in [2.24, 2.45) is 0 Å². The fourth-order valence-corrected chi connectivity index (χ4v) is 2.30. The molecule has 0 spiro atoms. The van der Waals surface area contributed by atoms with Gasteiger partial charge in [-0.15, -0.1) is 0 Å². The maximum atomic E-state index is 12.2. The zero-order chi connectivity index (χ0) is 17.8. The summed E-state index contributed by atoms with van der Waals surface area (Å²) in [7, 11) is 0. The van der Waals surface area contributed by atoms with E-state index in [-0.39, 0.29) is 33.7 Å². The Morgan fingerprint density at radius 2 is 1.68 bits per heavy atom. The van der Waals surface area contributed by atoms with Gasteiger partial charge >= 0.3 is 5.97 Å². The largest absolute Gasteiger partial charge is 0.508 e. The Balaban J connectivity index is 1.89. The van der Waals surface area contributed by atoms with Crippen LogP contribution in [0.4, 0.5) is 11.6 Å². The summed E-state index contributed by atoms with van der Waals surface area (Å²) in [6, 6.07) is 12.7. The second-order valence-corrected chi connectivity index (χ2v) is 5.43. The predicted molar refractivity (Wildman–Crippen MR) is 92.6 cm³/mol. The van der Waals surface area contributed by atoms with E-state index in [1.165, 1.54) is 18.2 Å². The smallest absolute Gasteiger partial charge is 0.343 e. The van der Waals surface area contributed by atoms with Gasteiger partial charge in [-0.25, -0.2) is 4.79 Å². The highest BCUT2D eigenvalue weighted by Gasteiger charge is 2.14. The third-order valence-corrected chi connectivity index (χ3v) is 3.34. The minimum atomic E-state index is -0.555. The third-order valence-electron chi connectivity index (χ3n) is 3.00. The lowest BCUT2D eigenvalue weighted by atomic mass is 10.2. The van der Waals surface area contributed by atoms with E-state index in [4.69, 9.17) is 27.9 Å². The van der Waals surface area contributed by atoms with Crippen molar-refractivity contribution in [2.75, 3.05) is 5.32 Å². The van der Waals surface area contributed by atoms with Crippen LogP contribution in [0.2, 0.25) is 10.6 Å². The summed E-state index contributed by atoms with van der Waals surface area (Å²) in [4.78, 5) is 23.6. The minimum Gasteiger partial charge on any atom is -0.508 e. The maximum Gasteiger partial charge on any atom is 0.343 e. The van der Waals surface area contributed by atoms with Crippen molar-refractivity contribution in [3.05, 3.63) is 64.7 Å². The molecule has 3 rings (SSSR count). The number of nitrogens with zero attached hydrogens (tertiary/aromatic N) is 3. The van der Waals surface area contributed by atoms with E-state index in [9.17, 15) is 9.90 Å². The van der Waals surface area contributed by atoms with Crippen molar-refractivity contribution >= 4 is 40.8 Å². The molecule has 7 nitrogen and oxygen atoms in total. The number of carbonyl (C=O) groups is 1. The van der Waals surface area contributed by atoms with Gasteiger partial charge in [-0.2, -0.15) is 15.0 Å². The number of esters is 1. The highest BCUT2D eigenvalue weighted by atomic mass is 35.5. The van der Waals surface area contributed by atoms with Gasteiger partial charge in [0.05, 0.1) is 11.3 Å². The van der Waals surface area contributed by atoms with Gasteiger partial charge in [0.2, 0.25) is 16.5 Å². The Hall–Kier alpha value is -2.90. The van der Waals surface area contributed by atoms with Crippen LogP contribution in [0.1, 0.15) is 10.4 Å². The number of nitrogens with one attached hydrogen (secondary N) is 1. The molecule has 126 valence electrons. The van der Waals surface area contributed by atoms with Gasteiger partial charge < -0.3 is 15.2 Å². The number of ether oxygens (including phenoxy) is 1. The van der Waals surface area contributed by atoms with Crippen LogP contribution in [0, 0.1) is 0 Å². The summed E-state index contributed by atoms with van der Waals surface area (Å²) in [5.74, 6) is -0.402. The Bertz CT molecular complexity index is 902. The molecule has 0 saturated heterocycles. The number of aromatic hydroxyl groups is 1. The van der Waals surface area contributed by atoms with Crippen molar-refractivity contribution in [1.29, 1.82) is 0 Å². The molecule has 2 aromatic carbocycles. The summed E-state index contributed by atoms with van der Waals surface area (Å²) < 4.78 is 5.37. The van der Waals surface area contributed by atoms with Crippen molar-refractivity contribution in [2.45, 2.75) is 0 Å². The number of phenolic OH excluding ortho intramolecular Hbond substituents is 1. The monoisotopic (exact) mass is 376 g/mol. The number of carbonyl (C=O) groups excluding carboxylic acids is 1. The standard InChI is InChI=1S/C16H10Cl2N4O3/c17-14-20-15(18)22-16(21-14)19-11-8-10(23)6-7-12(11)25-13(24)9-4-2-1-3-5-9/h1-8,23H,(H,19,20,21,22). The van der Waals surface area contributed by atoms with Crippen LogP contribution >= 0.6 is 23.2 Å². The lowest BCUT2D eigenvalue weighted by molar-refractivity contribution is 0.0735. The maximum absolute atomic E-state index is 12.2. The molecular weight excluding hydrogens is 367 g/mol. The van der Waals surface area contributed by atoms with Crippen molar-refractivity contribution in [1.82, 2.24) is 15.0 Å². The third kappa shape index (κ3) is 4.34. The number of rotatable bonds is 4. The molecule has 0 saturated carbocycles.